The van der Waals surface area contributed by atoms with Crippen LogP contribution >= 0.6 is 11.3 Å². The Hall–Kier alpha value is -2.42. The van der Waals surface area contributed by atoms with E-state index in [0.717, 1.165) is 23.5 Å². The number of thiazole rings is 1. The van der Waals surface area contributed by atoms with E-state index in [9.17, 15) is 22.8 Å². The Balaban J connectivity index is 2.32. The first-order valence-electron chi connectivity index (χ1n) is 8.07. The minimum Gasteiger partial charge on any atom is -0.468 e. The normalized spacial score (nSPS) is 11.6. The number of nitrogens with zero attached hydrogens (tertiary/aromatic N) is 2. The third kappa shape index (κ3) is 4.85. The first-order valence-corrected chi connectivity index (χ1v) is 8.89. The van der Waals surface area contributed by atoms with E-state index in [1.165, 1.54) is 24.1 Å². The van der Waals surface area contributed by atoms with Gasteiger partial charge in [-0.2, -0.15) is 13.2 Å². The number of carbonyl (C=O) groups excluding carboxylic acids is 2. The fourth-order valence-electron chi connectivity index (χ4n) is 2.34. The van der Waals surface area contributed by atoms with Gasteiger partial charge in [-0.3, -0.25) is 9.59 Å². The molecular formula is C18H19F3N2O3S. The molecule has 0 saturated heterocycles. The summed E-state index contributed by atoms with van der Waals surface area (Å²) >= 11 is 1.08. The summed E-state index contributed by atoms with van der Waals surface area (Å²) < 4.78 is 42.7. The number of ether oxygens (including phenoxy) is 1. The molecule has 0 aliphatic rings. The molecule has 0 bridgehead atoms. The number of aromatic nitrogens is 1. The highest BCUT2D eigenvalue weighted by Gasteiger charge is 2.30. The zero-order valence-corrected chi connectivity index (χ0v) is 16.1. The van der Waals surface area contributed by atoms with Crippen LogP contribution in [0.5, 0.6) is 0 Å². The number of aryl methyl sites for hydroxylation is 1. The smallest absolute Gasteiger partial charge is 0.416 e. The van der Waals surface area contributed by atoms with Crippen LogP contribution in [0.1, 0.15) is 34.8 Å². The number of hydrogen-bond donors (Lipinski definition) is 0. The van der Waals surface area contributed by atoms with Gasteiger partial charge in [0.2, 0.25) is 0 Å². The minimum absolute atomic E-state index is 0.194. The lowest BCUT2D eigenvalue weighted by Gasteiger charge is -2.25. The minimum atomic E-state index is -4.41. The van der Waals surface area contributed by atoms with Gasteiger partial charge in [-0.25, -0.2) is 4.98 Å². The van der Waals surface area contributed by atoms with Crippen LogP contribution < -0.4 is 0 Å². The molecule has 2 aromatic rings. The molecule has 0 unspecified atom stereocenters. The van der Waals surface area contributed by atoms with Crippen molar-refractivity contribution in [2.45, 2.75) is 33.0 Å². The summed E-state index contributed by atoms with van der Waals surface area (Å²) in [5.74, 6) is -0.911. The van der Waals surface area contributed by atoms with Crippen LogP contribution in [0.15, 0.2) is 24.3 Å². The van der Waals surface area contributed by atoms with E-state index in [0.29, 0.717) is 21.1 Å². The summed E-state index contributed by atoms with van der Waals surface area (Å²) in [6.07, 6.45) is -4.41. The zero-order chi connectivity index (χ0) is 20.4. The van der Waals surface area contributed by atoms with Crippen LogP contribution in [0, 0.1) is 6.92 Å². The number of benzene rings is 1. The van der Waals surface area contributed by atoms with Crippen LogP contribution in [0.3, 0.4) is 0 Å². The highest BCUT2D eigenvalue weighted by atomic mass is 32.1. The van der Waals surface area contributed by atoms with Crippen molar-refractivity contribution in [3.05, 3.63) is 40.4 Å². The Kier molecular flexibility index (Phi) is 6.25. The maximum absolute atomic E-state index is 12.8. The number of alkyl halides is 3. The molecule has 5 nitrogen and oxygen atoms in total. The fourth-order valence-corrected chi connectivity index (χ4v) is 3.37. The summed E-state index contributed by atoms with van der Waals surface area (Å²) in [5, 5.41) is 0.436. The van der Waals surface area contributed by atoms with E-state index < -0.39 is 17.7 Å². The van der Waals surface area contributed by atoms with Crippen molar-refractivity contribution in [1.29, 1.82) is 0 Å². The molecule has 0 fully saturated rings. The highest BCUT2D eigenvalue weighted by molar-refractivity contribution is 7.17. The second-order valence-corrected chi connectivity index (χ2v) is 7.11. The Morgan fingerprint density at radius 1 is 1.22 bits per heavy atom. The monoisotopic (exact) mass is 400 g/mol. The number of carbonyl (C=O) groups is 2. The van der Waals surface area contributed by atoms with Gasteiger partial charge in [-0.1, -0.05) is 12.1 Å². The summed E-state index contributed by atoms with van der Waals surface area (Å²) in [6.45, 7) is 5.00. The maximum Gasteiger partial charge on any atom is 0.416 e. The van der Waals surface area contributed by atoms with Crippen LogP contribution in [-0.2, 0) is 15.7 Å². The summed E-state index contributed by atoms with van der Waals surface area (Å²) in [5.41, 5.74) is 0.189. The molecule has 0 spiro atoms. The zero-order valence-electron chi connectivity index (χ0n) is 15.3. The summed E-state index contributed by atoms with van der Waals surface area (Å²) in [7, 11) is 1.24. The van der Waals surface area contributed by atoms with Crippen LogP contribution in [0.4, 0.5) is 13.2 Å². The molecule has 1 heterocycles. The second kappa shape index (κ2) is 8.08. The number of amides is 1. The number of rotatable bonds is 5. The lowest BCUT2D eigenvalue weighted by Crippen LogP contribution is -2.41. The first kappa shape index (κ1) is 20.9. The molecule has 27 heavy (non-hydrogen) atoms. The lowest BCUT2D eigenvalue weighted by atomic mass is 10.1. The third-order valence-corrected chi connectivity index (χ3v) is 5.06. The van der Waals surface area contributed by atoms with Gasteiger partial charge in [-0.15, -0.1) is 11.3 Å². The van der Waals surface area contributed by atoms with Crippen LogP contribution in [0.2, 0.25) is 0 Å². The van der Waals surface area contributed by atoms with E-state index >= 15 is 0 Å². The Morgan fingerprint density at radius 3 is 2.30 bits per heavy atom. The Morgan fingerprint density at radius 2 is 1.81 bits per heavy atom. The molecular weight excluding hydrogens is 381 g/mol. The van der Waals surface area contributed by atoms with E-state index in [-0.39, 0.29) is 18.5 Å². The van der Waals surface area contributed by atoms with Gasteiger partial charge >= 0.3 is 12.1 Å². The molecule has 0 saturated carbocycles. The average molecular weight is 400 g/mol. The van der Waals surface area contributed by atoms with Crippen LogP contribution in [-0.4, -0.2) is 41.5 Å². The van der Waals surface area contributed by atoms with Crippen molar-refractivity contribution in [3.8, 4) is 10.6 Å². The topological polar surface area (TPSA) is 59.5 Å². The van der Waals surface area contributed by atoms with E-state index in [1.807, 2.05) is 0 Å². The van der Waals surface area contributed by atoms with Crippen molar-refractivity contribution in [3.63, 3.8) is 0 Å². The molecule has 0 radical (unpaired) electrons. The molecule has 0 atom stereocenters. The maximum atomic E-state index is 12.8. The predicted octanol–water partition coefficient (Wildman–Crippen LogP) is 4.16. The lowest BCUT2D eigenvalue weighted by molar-refractivity contribution is -0.141. The van der Waals surface area contributed by atoms with Crippen LogP contribution in [0.25, 0.3) is 10.6 Å². The van der Waals surface area contributed by atoms with E-state index in [1.54, 1.807) is 20.8 Å². The second-order valence-electron chi connectivity index (χ2n) is 6.11. The quantitative estimate of drug-likeness (QED) is 0.707. The third-order valence-electron chi connectivity index (χ3n) is 3.86. The van der Waals surface area contributed by atoms with Gasteiger partial charge in [0.25, 0.3) is 5.91 Å². The van der Waals surface area contributed by atoms with Gasteiger partial charge in [0.1, 0.15) is 16.4 Å². The summed E-state index contributed by atoms with van der Waals surface area (Å²) in [6, 6.07) is 4.36. The van der Waals surface area contributed by atoms with Gasteiger partial charge in [0, 0.05) is 11.6 Å². The number of hydrogen-bond acceptors (Lipinski definition) is 5. The van der Waals surface area contributed by atoms with E-state index in [4.69, 9.17) is 0 Å². The SMILES string of the molecule is COC(=O)CN(C(=O)c1sc(-c2ccc(C(F)(F)F)cc2)nc1C)C(C)C. The molecule has 0 aliphatic carbocycles. The predicted molar refractivity (Wildman–Crippen MR) is 95.5 cm³/mol. The number of methoxy groups -OCH3 is 1. The fraction of sp³-hybridized carbons (Fsp3) is 0.389. The van der Waals surface area contributed by atoms with Crippen molar-refractivity contribution in [2.24, 2.45) is 0 Å². The largest absolute Gasteiger partial charge is 0.468 e. The Bertz CT molecular complexity index is 829. The van der Waals surface area contributed by atoms with E-state index in [2.05, 4.69) is 9.72 Å². The van der Waals surface area contributed by atoms with Gasteiger partial charge < -0.3 is 9.64 Å². The summed E-state index contributed by atoms with van der Waals surface area (Å²) in [4.78, 5) is 30.4. The van der Waals surface area contributed by atoms with Crippen molar-refractivity contribution in [2.75, 3.05) is 13.7 Å². The number of halogens is 3. The molecule has 1 amide bonds. The van der Waals surface area contributed by atoms with Gasteiger partial charge in [0.05, 0.1) is 18.4 Å². The molecule has 0 aliphatic heterocycles. The molecule has 2 rings (SSSR count). The van der Waals surface area contributed by atoms with Crippen molar-refractivity contribution < 1.29 is 27.5 Å². The molecule has 1 aromatic heterocycles. The standard InChI is InChI=1S/C18H19F3N2O3S/c1-10(2)23(9-14(24)26-4)17(25)15-11(3)22-16(27-15)12-5-7-13(8-6-12)18(19,20)21/h5-8,10H,9H2,1-4H3. The molecule has 0 N–H and O–H groups in total. The molecule has 146 valence electrons. The molecule has 9 heteroatoms. The number of esters is 1. The molecule has 1 aromatic carbocycles. The van der Waals surface area contributed by atoms with Crippen molar-refractivity contribution >= 4 is 23.2 Å². The Labute approximate surface area is 158 Å². The average Bonchev–Trinajstić information content (AvgIpc) is 2.99. The van der Waals surface area contributed by atoms with Gasteiger partial charge in [-0.05, 0) is 32.9 Å². The first-order chi connectivity index (χ1) is 12.5. The van der Waals surface area contributed by atoms with Crippen molar-refractivity contribution in [1.82, 2.24) is 9.88 Å². The highest BCUT2D eigenvalue weighted by Crippen LogP contribution is 2.33. The van der Waals surface area contributed by atoms with Gasteiger partial charge in [0.15, 0.2) is 0 Å².